The summed E-state index contributed by atoms with van der Waals surface area (Å²) in [6, 6.07) is 19.5. The zero-order valence-electron chi connectivity index (χ0n) is 20.3. The van der Waals surface area contributed by atoms with Crippen molar-refractivity contribution in [2.24, 2.45) is 4.99 Å². The molecule has 2 N–H and O–H groups in total. The fourth-order valence-corrected chi connectivity index (χ4v) is 4.52. The molecular weight excluding hydrogens is 408 g/mol. The SMILES string of the molecule is CN=C(NCc1c(C)nn(Cc2ccccc2)c1C)NC(C)c1cccc(N2CCCC2)c1. The highest BCUT2D eigenvalue weighted by Crippen LogP contribution is 2.24. The summed E-state index contributed by atoms with van der Waals surface area (Å²) in [4.78, 5) is 6.93. The Bertz CT molecular complexity index is 1080. The number of benzene rings is 2. The lowest BCUT2D eigenvalue weighted by Gasteiger charge is -2.22. The minimum absolute atomic E-state index is 0.154. The fourth-order valence-electron chi connectivity index (χ4n) is 4.52. The summed E-state index contributed by atoms with van der Waals surface area (Å²) in [6.45, 7) is 10.2. The zero-order valence-corrected chi connectivity index (χ0v) is 20.3. The van der Waals surface area contributed by atoms with Crippen molar-refractivity contribution in [1.82, 2.24) is 20.4 Å². The Hall–Kier alpha value is -3.28. The molecule has 0 aliphatic carbocycles. The first-order valence-electron chi connectivity index (χ1n) is 11.9. The second kappa shape index (κ2) is 10.6. The van der Waals surface area contributed by atoms with Crippen molar-refractivity contribution in [2.45, 2.75) is 52.7 Å². The highest BCUT2D eigenvalue weighted by molar-refractivity contribution is 5.80. The van der Waals surface area contributed by atoms with Gasteiger partial charge in [0.1, 0.15) is 0 Å². The van der Waals surface area contributed by atoms with Crippen molar-refractivity contribution in [3.05, 3.63) is 82.7 Å². The standard InChI is InChI=1S/C27H36N6/c1-20(24-13-10-14-25(17-24)32-15-8-9-16-32)30-27(28-4)29-18-26-21(2)31-33(22(26)3)19-23-11-6-5-7-12-23/h5-7,10-14,17,20H,8-9,15-16,18-19H2,1-4H3,(H2,28,29,30). The van der Waals surface area contributed by atoms with Gasteiger partial charge in [0.15, 0.2) is 5.96 Å². The Morgan fingerprint density at radius 2 is 1.82 bits per heavy atom. The highest BCUT2D eigenvalue weighted by atomic mass is 15.3. The van der Waals surface area contributed by atoms with E-state index in [2.05, 4.69) is 94.5 Å². The van der Waals surface area contributed by atoms with Crippen molar-refractivity contribution in [3.8, 4) is 0 Å². The second-order valence-electron chi connectivity index (χ2n) is 8.87. The van der Waals surface area contributed by atoms with E-state index in [9.17, 15) is 0 Å². The fraction of sp³-hybridized carbons (Fsp3) is 0.407. The molecule has 1 saturated heterocycles. The van der Waals surface area contributed by atoms with Gasteiger partial charge in [0.05, 0.1) is 18.3 Å². The molecule has 2 heterocycles. The van der Waals surface area contributed by atoms with Crippen molar-refractivity contribution in [1.29, 1.82) is 0 Å². The lowest BCUT2D eigenvalue weighted by molar-refractivity contribution is 0.656. The maximum atomic E-state index is 4.78. The Morgan fingerprint density at radius 1 is 1.06 bits per heavy atom. The average molecular weight is 445 g/mol. The molecule has 1 unspecified atom stereocenters. The van der Waals surface area contributed by atoms with E-state index in [4.69, 9.17) is 5.10 Å². The van der Waals surface area contributed by atoms with E-state index in [0.717, 1.165) is 31.3 Å². The van der Waals surface area contributed by atoms with E-state index >= 15 is 0 Å². The number of guanidine groups is 1. The van der Waals surface area contributed by atoms with Gasteiger partial charge in [0, 0.05) is 43.6 Å². The first-order valence-corrected chi connectivity index (χ1v) is 11.9. The molecule has 6 nitrogen and oxygen atoms in total. The number of aryl methyl sites for hydroxylation is 1. The Labute approximate surface area is 197 Å². The van der Waals surface area contributed by atoms with Crippen LogP contribution in [0.3, 0.4) is 0 Å². The van der Waals surface area contributed by atoms with Gasteiger partial charge in [-0.3, -0.25) is 9.67 Å². The van der Waals surface area contributed by atoms with Crippen LogP contribution in [0, 0.1) is 13.8 Å². The number of hydrogen-bond donors (Lipinski definition) is 2. The maximum absolute atomic E-state index is 4.78. The summed E-state index contributed by atoms with van der Waals surface area (Å²) in [5, 5.41) is 11.8. The molecule has 1 aliphatic heterocycles. The number of rotatable bonds is 7. The van der Waals surface area contributed by atoms with Crippen LogP contribution in [0.15, 0.2) is 59.6 Å². The molecule has 4 rings (SSSR count). The second-order valence-corrected chi connectivity index (χ2v) is 8.87. The molecule has 2 aromatic carbocycles. The molecule has 3 aromatic rings. The van der Waals surface area contributed by atoms with Gasteiger partial charge in [-0.2, -0.15) is 5.10 Å². The molecule has 1 atom stereocenters. The van der Waals surface area contributed by atoms with Crippen molar-refractivity contribution in [2.75, 3.05) is 25.0 Å². The third-order valence-corrected chi connectivity index (χ3v) is 6.56. The number of hydrogen-bond acceptors (Lipinski definition) is 3. The van der Waals surface area contributed by atoms with Crippen LogP contribution in [0.25, 0.3) is 0 Å². The first kappa shape index (κ1) is 22.9. The van der Waals surface area contributed by atoms with Gasteiger partial charge in [-0.15, -0.1) is 0 Å². The third kappa shape index (κ3) is 5.56. The van der Waals surface area contributed by atoms with Gasteiger partial charge in [-0.25, -0.2) is 0 Å². The number of anilines is 1. The predicted octanol–water partition coefficient (Wildman–Crippen LogP) is 4.57. The van der Waals surface area contributed by atoms with Crippen molar-refractivity contribution < 1.29 is 0 Å². The van der Waals surface area contributed by atoms with E-state index < -0.39 is 0 Å². The minimum atomic E-state index is 0.154. The first-order chi connectivity index (χ1) is 16.0. The number of aromatic nitrogens is 2. The molecule has 6 heteroatoms. The quantitative estimate of drug-likeness (QED) is 0.414. The van der Waals surface area contributed by atoms with Crippen LogP contribution in [0.1, 0.15) is 53.9 Å². The molecule has 33 heavy (non-hydrogen) atoms. The van der Waals surface area contributed by atoms with Crippen LogP contribution in [0.4, 0.5) is 5.69 Å². The van der Waals surface area contributed by atoms with Crippen LogP contribution < -0.4 is 15.5 Å². The topological polar surface area (TPSA) is 57.5 Å². The Kier molecular flexibility index (Phi) is 7.33. The average Bonchev–Trinajstić information content (AvgIpc) is 3.46. The minimum Gasteiger partial charge on any atom is -0.372 e. The summed E-state index contributed by atoms with van der Waals surface area (Å²) >= 11 is 0. The van der Waals surface area contributed by atoms with E-state index in [1.807, 2.05) is 13.1 Å². The molecule has 0 radical (unpaired) electrons. The van der Waals surface area contributed by atoms with Gasteiger partial charge in [0.25, 0.3) is 0 Å². The summed E-state index contributed by atoms with van der Waals surface area (Å²) in [7, 11) is 1.82. The summed E-state index contributed by atoms with van der Waals surface area (Å²) < 4.78 is 2.09. The molecule has 174 valence electrons. The molecule has 0 spiro atoms. The van der Waals surface area contributed by atoms with Crippen LogP contribution in [-0.4, -0.2) is 35.9 Å². The molecule has 1 aliphatic rings. The number of aliphatic imine (C=N–C) groups is 1. The largest absolute Gasteiger partial charge is 0.372 e. The van der Waals surface area contributed by atoms with Crippen LogP contribution in [0.5, 0.6) is 0 Å². The number of nitrogens with one attached hydrogen (secondary N) is 2. The van der Waals surface area contributed by atoms with Gasteiger partial charge in [-0.05, 0) is 56.9 Å². The van der Waals surface area contributed by atoms with Gasteiger partial charge in [-0.1, -0.05) is 42.5 Å². The van der Waals surface area contributed by atoms with E-state index in [-0.39, 0.29) is 6.04 Å². The Balaban J connectivity index is 1.38. The molecule has 0 saturated carbocycles. The monoisotopic (exact) mass is 444 g/mol. The molecule has 0 amide bonds. The van der Waals surface area contributed by atoms with Crippen LogP contribution in [0.2, 0.25) is 0 Å². The van der Waals surface area contributed by atoms with E-state index in [1.54, 1.807) is 0 Å². The summed E-state index contributed by atoms with van der Waals surface area (Å²) in [6.07, 6.45) is 2.57. The van der Waals surface area contributed by atoms with Gasteiger partial charge in [0.2, 0.25) is 0 Å². The molecule has 1 fully saturated rings. The summed E-state index contributed by atoms with van der Waals surface area (Å²) in [5.74, 6) is 0.795. The van der Waals surface area contributed by atoms with Crippen molar-refractivity contribution >= 4 is 11.6 Å². The highest BCUT2D eigenvalue weighted by Gasteiger charge is 2.16. The predicted molar refractivity (Wildman–Crippen MR) is 137 cm³/mol. The van der Waals surface area contributed by atoms with E-state index in [0.29, 0.717) is 6.54 Å². The molecule has 0 bridgehead atoms. The van der Waals surface area contributed by atoms with Crippen molar-refractivity contribution in [3.63, 3.8) is 0 Å². The van der Waals surface area contributed by atoms with Crippen LogP contribution >= 0.6 is 0 Å². The Morgan fingerprint density at radius 3 is 2.55 bits per heavy atom. The van der Waals surface area contributed by atoms with Crippen LogP contribution in [-0.2, 0) is 13.1 Å². The number of nitrogens with zero attached hydrogens (tertiary/aromatic N) is 4. The lowest BCUT2D eigenvalue weighted by atomic mass is 10.1. The van der Waals surface area contributed by atoms with E-state index in [1.165, 1.54) is 40.9 Å². The van der Waals surface area contributed by atoms with Gasteiger partial charge < -0.3 is 15.5 Å². The summed E-state index contributed by atoms with van der Waals surface area (Å²) in [5.41, 5.74) is 7.30. The molecule has 1 aromatic heterocycles. The van der Waals surface area contributed by atoms with Gasteiger partial charge >= 0.3 is 0 Å². The lowest BCUT2D eigenvalue weighted by Crippen LogP contribution is -2.38. The maximum Gasteiger partial charge on any atom is 0.191 e. The smallest absolute Gasteiger partial charge is 0.191 e. The zero-order chi connectivity index (χ0) is 23.2. The molecular formula is C27H36N6. The normalized spacial score (nSPS) is 15.0. The third-order valence-electron chi connectivity index (χ3n) is 6.56.